The first-order chi connectivity index (χ1) is 9.66. The van der Waals surface area contributed by atoms with Crippen molar-refractivity contribution in [3.05, 3.63) is 4.88 Å². The number of nitrogens with one attached hydrogen (secondary N) is 1. The summed E-state index contributed by atoms with van der Waals surface area (Å²) in [6.45, 7) is 5.39. The zero-order valence-corrected chi connectivity index (χ0v) is 13.8. The number of nitrogen functional groups attached to an aromatic ring is 1. The molecule has 1 aliphatic heterocycles. The standard InChI is InChI=1S/C13H17N3OS3/c1-8(17)11-10(14)9-12(19-11)15-20-13(9)18-7-6-16-4-2-3-5-16/h2-7,14H2,1H3/p+1. The molecule has 2 aromatic heterocycles. The molecule has 3 rings (SSSR count). The third kappa shape index (κ3) is 2.72. The molecule has 0 saturated carbocycles. The molecule has 0 aromatic carbocycles. The Morgan fingerprint density at radius 1 is 1.45 bits per heavy atom. The van der Waals surface area contributed by atoms with Crippen LogP contribution in [0, 0.1) is 0 Å². The van der Waals surface area contributed by atoms with Gasteiger partial charge in [-0.1, -0.05) is 0 Å². The lowest BCUT2D eigenvalue weighted by atomic mass is 10.3. The maximum atomic E-state index is 11.5. The van der Waals surface area contributed by atoms with Gasteiger partial charge in [0.1, 0.15) is 4.83 Å². The van der Waals surface area contributed by atoms with E-state index >= 15 is 0 Å². The number of hydrogen-bond donors (Lipinski definition) is 2. The van der Waals surface area contributed by atoms with Crippen molar-refractivity contribution in [1.82, 2.24) is 4.37 Å². The van der Waals surface area contributed by atoms with Crippen molar-refractivity contribution in [2.45, 2.75) is 24.0 Å². The number of fused-ring (bicyclic) bond motifs is 1. The molecule has 7 heteroatoms. The number of quaternary nitrogens is 1. The molecule has 3 heterocycles. The Kier molecular flexibility index (Phi) is 4.30. The van der Waals surface area contributed by atoms with Gasteiger partial charge in [0.2, 0.25) is 0 Å². The number of nitrogens with zero attached hydrogens (tertiary/aromatic N) is 1. The van der Waals surface area contributed by atoms with E-state index in [4.69, 9.17) is 5.73 Å². The molecule has 0 unspecified atom stereocenters. The number of thioether (sulfide) groups is 1. The average Bonchev–Trinajstić information content (AvgIpc) is 3.09. The number of aromatic nitrogens is 1. The van der Waals surface area contributed by atoms with Crippen LogP contribution in [0.25, 0.3) is 10.2 Å². The molecule has 0 bridgehead atoms. The Morgan fingerprint density at radius 3 is 2.90 bits per heavy atom. The summed E-state index contributed by atoms with van der Waals surface area (Å²) in [4.78, 5) is 14.8. The second-order valence-corrected chi connectivity index (χ2v) is 8.24. The molecule has 20 heavy (non-hydrogen) atoms. The van der Waals surface area contributed by atoms with E-state index in [0.29, 0.717) is 10.6 Å². The topological polar surface area (TPSA) is 60.4 Å². The van der Waals surface area contributed by atoms with E-state index in [1.807, 2.05) is 11.8 Å². The minimum absolute atomic E-state index is 0.0351. The first-order valence-electron chi connectivity index (χ1n) is 6.81. The van der Waals surface area contributed by atoms with E-state index in [0.717, 1.165) is 16.0 Å². The van der Waals surface area contributed by atoms with Gasteiger partial charge in [0.05, 0.1) is 39.8 Å². The smallest absolute Gasteiger partial charge is 0.171 e. The Hall–Kier alpha value is -0.630. The van der Waals surface area contributed by atoms with Crippen LogP contribution >= 0.6 is 34.6 Å². The van der Waals surface area contributed by atoms with Crippen LogP contribution in [0.3, 0.4) is 0 Å². The van der Waals surface area contributed by atoms with Gasteiger partial charge in [-0.3, -0.25) is 4.79 Å². The van der Waals surface area contributed by atoms with Crippen LogP contribution in [0.4, 0.5) is 5.69 Å². The fourth-order valence-corrected chi connectivity index (χ4v) is 5.90. The Balaban J connectivity index is 1.72. The number of nitrogens with two attached hydrogens (primary N) is 1. The third-order valence-electron chi connectivity index (χ3n) is 3.66. The number of likely N-dealkylation sites (tertiary alicyclic amines) is 1. The minimum Gasteiger partial charge on any atom is -0.397 e. The van der Waals surface area contributed by atoms with Gasteiger partial charge in [-0.05, 0) is 11.5 Å². The predicted molar refractivity (Wildman–Crippen MR) is 87.4 cm³/mol. The highest BCUT2D eigenvalue weighted by atomic mass is 32.2. The van der Waals surface area contributed by atoms with Gasteiger partial charge in [-0.25, -0.2) is 0 Å². The number of carbonyl (C=O) groups is 1. The van der Waals surface area contributed by atoms with Gasteiger partial charge in [0.15, 0.2) is 5.78 Å². The Bertz CT molecular complexity index is 628. The summed E-state index contributed by atoms with van der Waals surface area (Å²) in [7, 11) is 0. The van der Waals surface area contributed by atoms with Crippen LogP contribution in [0.2, 0.25) is 0 Å². The summed E-state index contributed by atoms with van der Waals surface area (Å²) >= 11 is 4.76. The summed E-state index contributed by atoms with van der Waals surface area (Å²) in [5, 5.41) is 1.01. The molecule has 1 saturated heterocycles. The third-order valence-corrected chi connectivity index (χ3v) is 7.07. The molecule has 4 nitrogen and oxygen atoms in total. The molecule has 3 N–H and O–H groups in total. The summed E-state index contributed by atoms with van der Waals surface area (Å²) in [5.74, 6) is 1.13. The lowest BCUT2D eigenvalue weighted by Gasteiger charge is -2.10. The highest BCUT2D eigenvalue weighted by molar-refractivity contribution is 8.01. The lowest BCUT2D eigenvalue weighted by Crippen LogP contribution is -3.10. The van der Waals surface area contributed by atoms with Crippen LogP contribution in [0.1, 0.15) is 29.4 Å². The highest BCUT2D eigenvalue weighted by Gasteiger charge is 2.20. The van der Waals surface area contributed by atoms with Gasteiger partial charge in [0.25, 0.3) is 0 Å². The monoisotopic (exact) mass is 328 g/mol. The molecule has 108 valence electrons. The second-order valence-electron chi connectivity index (χ2n) is 5.11. The van der Waals surface area contributed by atoms with Crippen LogP contribution in [0.5, 0.6) is 0 Å². The normalized spacial score (nSPS) is 16.2. The fourth-order valence-electron chi connectivity index (χ4n) is 2.59. The summed E-state index contributed by atoms with van der Waals surface area (Å²) < 4.78 is 5.60. The molecular weight excluding hydrogens is 310 g/mol. The first kappa shape index (κ1) is 14.3. The summed E-state index contributed by atoms with van der Waals surface area (Å²) in [6, 6.07) is 0. The van der Waals surface area contributed by atoms with E-state index in [9.17, 15) is 4.79 Å². The molecule has 0 atom stereocenters. The number of hydrogen-bond acceptors (Lipinski definition) is 6. The van der Waals surface area contributed by atoms with E-state index in [-0.39, 0.29) is 5.78 Å². The number of thiophene rings is 1. The van der Waals surface area contributed by atoms with Crippen molar-refractivity contribution in [1.29, 1.82) is 0 Å². The van der Waals surface area contributed by atoms with Gasteiger partial charge in [-0.2, -0.15) is 4.37 Å². The van der Waals surface area contributed by atoms with E-state index in [1.54, 1.807) is 11.8 Å². The fraction of sp³-hybridized carbons (Fsp3) is 0.538. The van der Waals surface area contributed by atoms with Crippen LogP contribution < -0.4 is 10.6 Å². The van der Waals surface area contributed by atoms with Crippen LogP contribution in [-0.2, 0) is 0 Å². The average molecular weight is 329 g/mol. The van der Waals surface area contributed by atoms with E-state index in [1.165, 1.54) is 59.6 Å². The van der Waals surface area contributed by atoms with E-state index < -0.39 is 0 Å². The molecule has 0 radical (unpaired) electrons. The molecule has 2 aromatic rings. The van der Waals surface area contributed by atoms with Crippen molar-refractivity contribution in [3.8, 4) is 0 Å². The van der Waals surface area contributed by atoms with Crippen LogP contribution in [0.15, 0.2) is 4.21 Å². The quantitative estimate of drug-likeness (QED) is 0.650. The molecule has 0 spiro atoms. The zero-order valence-electron chi connectivity index (χ0n) is 11.4. The van der Waals surface area contributed by atoms with Gasteiger partial charge < -0.3 is 10.6 Å². The van der Waals surface area contributed by atoms with Crippen LogP contribution in [-0.4, -0.2) is 35.5 Å². The molecule has 1 fully saturated rings. The predicted octanol–water partition coefficient (Wildman–Crippen LogP) is 1.91. The summed E-state index contributed by atoms with van der Waals surface area (Å²) in [6.07, 6.45) is 2.73. The number of anilines is 1. The largest absolute Gasteiger partial charge is 0.397 e. The molecule has 0 aliphatic carbocycles. The van der Waals surface area contributed by atoms with Crippen molar-refractivity contribution >= 4 is 56.3 Å². The number of ketones is 1. The maximum absolute atomic E-state index is 11.5. The second kappa shape index (κ2) is 6.01. The zero-order chi connectivity index (χ0) is 14.1. The number of carbonyl (C=O) groups excluding carboxylic acids is 1. The number of rotatable bonds is 5. The van der Waals surface area contributed by atoms with Gasteiger partial charge >= 0.3 is 0 Å². The Labute approximate surface area is 130 Å². The minimum atomic E-state index is 0.0351. The SMILES string of the molecule is CC(=O)c1sc2nsc(SCC[NH+]3CCCC3)c2c1N. The van der Waals surface area contributed by atoms with Crippen molar-refractivity contribution in [3.63, 3.8) is 0 Å². The molecule has 0 amide bonds. The first-order valence-corrected chi connectivity index (χ1v) is 9.39. The molecule has 1 aliphatic rings. The van der Waals surface area contributed by atoms with Gasteiger partial charge in [0, 0.05) is 25.5 Å². The highest BCUT2D eigenvalue weighted by Crippen LogP contribution is 2.41. The Morgan fingerprint density at radius 2 is 2.20 bits per heavy atom. The van der Waals surface area contributed by atoms with Crippen molar-refractivity contribution in [2.75, 3.05) is 31.1 Å². The molecular formula is C13H18N3OS3+. The van der Waals surface area contributed by atoms with Gasteiger partial charge in [-0.15, -0.1) is 23.1 Å². The van der Waals surface area contributed by atoms with Crippen molar-refractivity contribution in [2.24, 2.45) is 0 Å². The van der Waals surface area contributed by atoms with E-state index in [2.05, 4.69) is 4.37 Å². The lowest BCUT2D eigenvalue weighted by molar-refractivity contribution is -0.884. The number of Topliss-reactive ketones (excluding diaryl/α,β-unsaturated/α-hetero) is 1. The summed E-state index contributed by atoms with van der Waals surface area (Å²) in [5.41, 5.74) is 6.74. The maximum Gasteiger partial charge on any atom is 0.171 e. The van der Waals surface area contributed by atoms with Crippen molar-refractivity contribution < 1.29 is 9.69 Å².